The highest BCUT2D eigenvalue weighted by molar-refractivity contribution is 7.91. The molecule has 1 aromatic heterocycles. The van der Waals surface area contributed by atoms with Gasteiger partial charge in [-0.25, -0.2) is 13.1 Å². The first kappa shape index (κ1) is 18.2. The van der Waals surface area contributed by atoms with Crippen LogP contribution in [0.15, 0.2) is 26.7 Å². The van der Waals surface area contributed by atoms with Gasteiger partial charge in [0, 0.05) is 26.2 Å². The van der Waals surface area contributed by atoms with E-state index in [1.54, 1.807) is 17.5 Å². The lowest BCUT2D eigenvalue weighted by Gasteiger charge is -2.32. The predicted molar refractivity (Wildman–Crippen MR) is 92.3 cm³/mol. The molecule has 0 atom stereocenters. The third-order valence-corrected chi connectivity index (χ3v) is 6.38. The monoisotopic (exact) mass is 360 g/mol. The van der Waals surface area contributed by atoms with Gasteiger partial charge in [-0.15, -0.1) is 11.3 Å². The Kier molecular flexibility index (Phi) is 6.82. The van der Waals surface area contributed by atoms with E-state index in [4.69, 9.17) is 0 Å². The van der Waals surface area contributed by atoms with Crippen molar-refractivity contribution in [1.82, 2.24) is 14.9 Å². The summed E-state index contributed by atoms with van der Waals surface area (Å²) in [5.41, 5.74) is 0. The summed E-state index contributed by atoms with van der Waals surface area (Å²) in [6.45, 7) is 4.88. The second kappa shape index (κ2) is 8.62. The van der Waals surface area contributed by atoms with Crippen LogP contribution >= 0.6 is 11.3 Å². The lowest BCUT2D eigenvalue weighted by molar-refractivity contribution is 0.108. The van der Waals surface area contributed by atoms with E-state index < -0.39 is 10.0 Å². The average Bonchev–Trinajstić information content (AvgIpc) is 3.06. The Hall–Kier alpha value is -1.16. The summed E-state index contributed by atoms with van der Waals surface area (Å²) in [5, 5.41) is 14.5. The van der Waals surface area contributed by atoms with Crippen molar-refractivity contribution in [3.05, 3.63) is 17.5 Å². The molecule has 3 N–H and O–H groups in total. The summed E-state index contributed by atoms with van der Waals surface area (Å²) < 4.78 is 26.9. The SMILES string of the molecule is CCNC(=NCCNS(=O)(=O)c1cccs1)N1CCC(O)CC1. The molecule has 1 aliphatic rings. The van der Waals surface area contributed by atoms with Crippen LogP contribution in [0.25, 0.3) is 0 Å². The molecule has 2 heterocycles. The summed E-state index contributed by atoms with van der Waals surface area (Å²) in [5.74, 6) is 0.773. The maximum absolute atomic E-state index is 12.0. The van der Waals surface area contributed by atoms with Gasteiger partial charge in [0.05, 0.1) is 12.6 Å². The van der Waals surface area contributed by atoms with E-state index in [-0.39, 0.29) is 12.6 Å². The first-order chi connectivity index (χ1) is 11.0. The lowest BCUT2D eigenvalue weighted by Crippen LogP contribution is -2.46. The van der Waals surface area contributed by atoms with Gasteiger partial charge in [0.25, 0.3) is 0 Å². The maximum atomic E-state index is 12.0. The van der Waals surface area contributed by atoms with Crippen molar-refractivity contribution in [2.45, 2.75) is 30.1 Å². The zero-order valence-corrected chi connectivity index (χ0v) is 14.9. The largest absolute Gasteiger partial charge is 0.393 e. The Labute approximate surface area is 141 Å². The number of aliphatic hydroxyl groups excluding tert-OH is 1. The topological polar surface area (TPSA) is 94.0 Å². The van der Waals surface area contributed by atoms with E-state index in [1.807, 2.05) is 6.92 Å². The van der Waals surface area contributed by atoms with Crippen LogP contribution in [0.2, 0.25) is 0 Å². The Bertz CT molecular complexity index is 594. The Morgan fingerprint density at radius 2 is 2.22 bits per heavy atom. The van der Waals surface area contributed by atoms with Crippen LogP contribution in [-0.2, 0) is 10.0 Å². The fourth-order valence-electron chi connectivity index (χ4n) is 2.33. The van der Waals surface area contributed by atoms with Crippen LogP contribution in [0.1, 0.15) is 19.8 Å². The molecule has 0 aliphatic carbocycles. The fraction of sp³-hybridized carbons (Fsp3) is 0.643. The van der Waals surface area contributed by atoms with Gasteiger partial charge in [0.15, 0.2) is 5.96 Å². The molecule has 1 saturated heterocycles. The molecule has 0 amide bonds. The molecule has 0 spiro atoms. The quantitative estimate of drug-likeness (QED) is 0.389. The molecule has 23 heavy (non-hydrogen) atoms. The van der Waals surface area contributed by atoms with Gasteiger partial charge in [0.2, 0.25) is 10.0 Å². The van der Waals surface area contributed by atoms with Crippen molar-refractivity contribution in [1.29, 1.82) is 0 Å². The highest BCUT2D eigenvalue weighted by Crippen LogP contribution is 2.15. The van der Waals surface area contributed by atoms with Crippen LogP contribution < -0.4 is 10.0 Å². The summed E-state index contributed by atoms with van der Waals surface area (Å²) in [7, 11) is -3.43. The van der Waals surface area contributed by atoms with E-state index >= 15 is 0 Å². The number of likely N-dealkylation sites (tertiary alicyclic amines) is 1. The molecular formula is C14H24N4O3S2. The van der Waals surface area contributed by atoms with Gasteiger partial charge in [0.1, 0.15) is 4.21 Å². The molecule has 1 aromatic rings. The van der Waals surface area contributed by atoms with Crippen molar-refractivity contribution in [3.63, 3.8) is 0 Å². The number of aliphatic hydroxyl groups is 1. The van der Waals surface area contributed by atoms with Crippen LogP contribution in [0, 0.1) is 0 Å². The molecule has 0 radical (unpaired) electrons. The zero-order valence-electron chi connectivity index (χ0n) is 13.2. The minimum absolute atomic E-state index is 0.230. The molecule has 7 nitrogen and oxygen atoms in total. The molecule has 0 unspecified atom stereocenters. The van der Waals surface area contributed by atoms with E-state index in [0.29, 0.717) is 10.8 Å². The third-order valence-electron chi connectivity index (χ3n) is 3.52. The number of piperidine rings is 1. The number of rotatable bonds is 6. The van der Waals surface area contributed by atoms with Gasteiger partial charge >= 0.3 is 0 Å². The number of nitrogens with zero attached hydrogens (tertiary/aromatic N) is 2. The molecule has 9 heteroatoms. The normalized spacial score (nSPS) is 17.5. The molecule has 2 rings (SSSR count). The minimum atomic E-state index is -3.43. The smallest absolute Gasteiger partial charge is 0.250 e. The molecule has 1 fully saturated rings. The Morgan fingerprint density at radius 1 is 1.48 bits per heavy atom. The number of thiophene rings is 1. The zero-order chi connectivity index (χ0) is 16.7. The first-order valence-corrected chi connectivity index (χ1v) is 10.1. The second-order valence-electron chi connectivity index (χ2n) is 5.28. The highest BCUT2D eigenvalue weighted by Gasteiger charge is 2.19. The standard InChI is InChI=1S/C14H24N4O3S2/c1-2-15-14(18-9-5-12(19)6-10-18)16-7-8-17-23(20,21)13-4-3-11-22-13/h3-4,11-12,17,19H,2,5-10H2,1H3,(H,15,16). The molecule has 1 aliphatic heterocycles. The average molecular weight is 361 g/mol. The number of hydrogen-bond donors (Lipinski definition) is 3. The fourth-order valence-corrected chi connectivity index (χ4v) is 4.39. The second-order valence-corrected chi connectivity index (χ2v) is 8.23. The summed E-state index contributed by atoms with van der Waals surface area (Å²) in [4.78, 5) is 6.57. The van der Waals surface area contributed by atoms with E-state index in [0.717, 1.165) is 38.4 Å². The van der Waals surface area contributed by atoms with Gasteiger partial charge in [-0.3, -0.25) is 4.99 Å². The van der Waals surface area contributed by atoms with Crippen LogP contribution in [-0.4, -0.2) is 63.2 Å². The van der Waals surface area contributed by atoms with Crippen molar-refractivity contribution >= 4 is 27.3 Å². The van der Waals surface area contributed by atoms with Crippen molar-refractivity contribution in [2.75, 3.05) is 32.7 Å². The van der Waals surface area contributed by atoms with Gasteiger partial charge in [-0.2, -0.15) is 0 Å². The van der Waals surface area contributed by atoms with E-state index in [9.17, 15) is 13.5 Å². The molecule has 0 bridgehead atoms. The van der Waals surface area contributed by atoms with Crippen LogP contribution in [0.5, 0.6) is 0 Å². The summed E-state index contributed by atoms with van der Waals surface area (Å²) in [6.07, 6.45) is 1.23. The van der Waals surface area contributed by atoms with Gasteiger partial charge in [-0.1, -0.05) is 6.07 Å². The first-order valence-electron chi connectivity index (χ1n) is 7.77. The van der Waals surface area contributed by atoms with E-state index in [2.05, 4.69) is 19.9 Å². The molecule has 0 saturated carbocycles. The van der Waals surface area contributed by atoms with Crippen LogP contribution in [0.3, 0.4) is 0 Å². The Balaban J connectivity index is 1.86. The summed E-state index contributed by atoms with van der Waals surface area (Å²) in [6, 6.07) is 3.30. The lowest BCUT2D eigenvalue weighted by atomic mass is 10.1. The number of hydrogen-bond acceptors (Lipinski definition) is 5. The van der Waals surface area contributed by atoms with E-state index in [1.165, 1.54) is 11.3 Å². The maximum Gasteiger partial charge on any atom is 0.250 e. The van der Waals surface area contributed by atoms with Crippen molar-refractivity contribution in [3.8, 4) is 0 Å². The van der Waals surface area contributed by atoms with Gasteiger partial charge < -0.3 is 15.3 Å². The number of aliphatic imine (C=N–C) groups is 1. The summed E-state index contributed by atoms with van der Waals surface area (Å²) >= 11 is 1.19. The molecule has 0 aromatic carbocycles. The van der Waals surface area contributed by atoms with Gasteiger partial charge in [-0.05, 0) is 31.2 Å². The molecular weight excluding hydrogens is 336 g/mol. The molecule has 130 valence electrons. The minimum Gasteiger partial charge on any atom is -0.393 e. The number of nitrogens with one attached hydrogen (secondary N) is 2. The predicted octanol–water partition coefficient (Wildman–Crippen LogP) is 0.449. The Morgan fingerprint density at radius 3 is 2.83 bits per heavy atom. The van der Waals surface area contributed by atoms with Crippen molar-refractivity contribution < 1.29 is 13.5 Å². The van der Waals surface area contributed by atoms with Crippen LogP contribution in [0.4, 0.5) is 0 Å². The number of guanidine groups is 1. The van der Waals surface area contributed by atoms with Crippen molar-refractivity contribution in [2.24, 2.45) is 4.99 Å². The highest BCUT2D eigenvalue weighted by atomic mass is 32.2. The number of sulfonamides is 1. The third kappa shape index (κ3) is 5.45.